The highest BCUT2D eigenvalue weighted by Gasteiger charge is 2.09. The Morgan fingerprint density at radius 1 is 1.32 bits per heavy atom. The van der Waals surface area contributed by atoms with Gasteiger partial charge in [-0.15, -0.1) is 0 Å². The molecule has 3 N–H and O–H groups in total. The Morgan fingerprint density at radius 2 is 2.05 bits per heavy atom. The summed E-state index contributed by atoms with van der Waals surface area (Å²) in [7, 11) is 0. The predicted molar refractivity (Wildman–Crippen MR) is 87.7 cm³/mol. The summed E-state index contributed by atoms with van der Waals surface area (Å²) in [6, 6.07) is 5.32. The van der Waals surface area contributed by atoms with E-state index in [0.717, 1.165) is 17.3 Å². The summed E-state index contributed by atoms with van der Waals surface area (Å²) >= 11 is 5.23. The van der Waals surface area contributed by atoms with E-state index in [1.54, 1.807) is 12.1 Å². The number of benzene rings is 1. The SMILES string of the molecule is CSCCCCCCNC(=O)c1cc(Br)ccc1N. The lowest BCUT2D eigenvalue weighted by Crippen LogP contribution is -2.25. The van der Waals surface area contributed by atoms with Gasteiger partial charge < -0.3 is 11.1 Å². The molecule has 0 fully saturated rings. The summed E-state index contributed by atoms with van der Waals surface area (Å²) in [6.45, 7) is 0.712. The first-order chi connectivity index (χ1) is 9.15. The van der Waals surface area contributed by atoms with Crippen LogP contribution in [-0.4, -0.2) is 24.5 Å². The number of thioether (sulfide) groups is 1. The lowest BCUT2D eigenvalue weighted by atomic mass is 10.1. The number of hydrogen-bond donors (Lipinski definition) is 2. The van der Waals surface area contributed by atoms with E-state index in [1.165, 1.54) is 18.6 Å². The summed E-state index contributed by atoms with van der Waals surface area (Å²) in [4.78, 5) is 11.9. The molecule has 0 aliphatic carbocycles. The van der Waals surface area contributed by atoms with Crippen molar-refractivity contribution in [3.05, 3.63) is 28.2 Å². The van der Waals surface area contributed by atoms with Crippen LogP contribution < -0.4 is 11.1 Å². The number of amides is 1. The average Bonchev–Trinajstić information content (AvgIpc) is 2.40. The van der Waals surface area contributed by atoms with E-state index < -0.39 is 0 Å². The quantitative estimate of drug-likeness (QED) is 0.558. The molecule has 0 aliphatic rings. The van der Waals surface area contributed by atoms with Crippen LogP contribution in [0.1, 0.15) is 36.0 Å². The lowest BCUT2D eigenvalue weighted by Gasteiger charge is -2.08. The molecule has 0 spiro atoms. The van der Waals surface area contributed by atoms with E-state index in [-0.39, 0.29) is 5.91 Å². The maximum absolute atomic E-state index is 11.9. The van der Waals surface area contributed by atoms with Crippen LogP contribution >= 0.6 is 27.7 Å². The molecule has 0 bridgehead atoms. The molecule has 0 radical (unpaired) electrons. The molecule has 0 unspecified atom stereocenters. The number of nitrogens with two attached hydrogens (primary N) is 1. The minimum Gasteiger partial charge on any atom is -0.398 e. The first-order valence-electron chi connectivity index (χ1n) is 6.47. The van der Waals surface area contributed by atoms with Crippen LogP contribution in [0.15, 0.2) is 22.7 Å². The summed E-state index contributed by atoms with van der Waals surface area (Å²) in [6.07, 6.45) is 6.80. The minimum absolute atomic E-state index is 0.0945. The Labute approximate surface area is 127 Å². The molecular weight excluding hydrogens is 324 g/mol. The number of anilines is 1. The maximum Gasteiger partial charge on any atom is 0.253 e. The smallest absolute Gasteiger partial charge is 0.253 e. The van der Waals surface area contributed by atoms with Gasteiger partial charge in [-0.1, -0.05) is 28.8 Å². The molecule has 1 amide bonds. The van der Waals surface area contributed by atoms with Crippen molar-refractivity contribution in [1.29, 1.82) is 0 Å². The Morgan fingerprint density at radius 3 is 2.79 bits per heavy atom. The van der Waals surface area contributed by atoms with Crippen LogP contribution in [0, 0.1) is 0 Å². The number of unbranched alkanes of at least 4 members (excludes halogenated alkanes) is 3. The van der Waals surface area contributed by atoms with Gasteiger partial charge in [0.05, 0.1) is 5.56 Å². The van der Waals surface area contributed by atoms with Crippen LogP contribution in [0.3, 0.4) is 0 Å². The molecule has 19 heavy (non-hydrogen) atoms. The van der Waals surface area contributed by atoms with Crippen molar-refractivity contribution in [3.8, 4) is 0 Å². The van der Waals surface area contributed by atoms with E-state index in [1.807, 2.05) is 17.8 Å². The summed E-state index contributed by atoms with van der Waals surface area (Å²) < 4.78 is 0.865. The van der Waals surface area contributed by atoms with Crippen LogP contribution in [-0.2, 0) is 0 Å². The van der Waals surface area contributed by atoms with Gasteiger partial charge in [-0.05, 0) is 43.0 Å². The van der Waals surface area contributed by atoms with Gasteiger partial charge in [0.25, 0.3) is 5.91 Å². The Bertz CT molecular complexity index is 412. The first-order valence-corrected chi connectivity index (χ1v) is 8.66. The monoisotopic (exact) mass is 344 g/mol. The van der Waals surface area contributed by atoms with Gasteiger partial charge in [-0.25, -0.2) is 0 Å². The Kier molecular flexibility index (Phi) is 7.98. The van der Waals surface area contributed by atoms with Gasteiger partial charge in [0.1, 0.15) is 0 Å². The average molecular weight is 345 g/mol. The standard InChI is InChI=1S/C14H21BrN2OS/c1-19-9-5-3-2-4-8-17-14(18)12-10-11(15)6-7-13(12)16/h6-7,10H,2-5,8-9,16H2,1H3,(H,17,18). The fourth-order valence-electron chi connectivity index (χ4n) is 1.75. The third kappa shape index (κ3) is 6.34. The molecule has 1 rings (SSSR count). The van der Waals surface area contributed by atoms with Gasteiger partial charge >= 0.3 is 0 Å². The number of carbonyl (C=O) groups excluding carboxylic acids is 1. The van der Waals surface area contributed by atoms with E-state index in [2.05, 4.69) is 27.5 Å². The van der Waals surface area contributed by atoms with Gasteiger partial charge in [-0.3, -0.25) is 4.79 Å². The maximum atomic E-state index is 11.9. The normalized spacial score (nSPS) is 10.4. The van der Waals surface area contributed by atoms with Crippen molar-refractivity contribution in [2.75, 3.05) is 24.3 Å². The largest absolute Gasteiger partial charge is 0.398 e. The molecule has 1 aromatic carbocycles. The molecule has 0 aliphatic heterocycles. The van der Waals surface area contributed by atoms with Crippen molar-refractivity contribution in [3.63, 3.8) is 0 Å². The molecule has 0 saturated carbocycles. The van der Waals surface area contributed by atoms with Crippen LogP contribution in [0.2, 0.25) is 0 Å². The van der Waals surface area contributed by atoms with Crippen molar-refractivity contribution in [1.82, 2.24) is 5.32 Å². The molecule has 5 heteroatoms. The number of nitrogen functional groups attached to an aromatic ring is 1. The second-order valence-electron chi connectivity index (χ2n) is 4.39. The van der Waals surface area contributed by atoms with Gasteiger partial charge in [0.15, 0.2) is 0 Å². The number of rotatable bonds is 8. The molecule has 3 nitrogen and oxygen atoms in total. The van der Waals surface area contributed by atoms with Gasteiger partial charge in [0, 0.05) is 16.7 Å². The van der Waals surface area contributed by atoms with E-state index in [0.29, 0.717) is 17.8 Å². The van der Waals surface area contributed by atoms with Gasteiger partial charge in [0.2, 0.25) is 0 Å². The van der Waals surface area contributed by atoms with E-state index in [9.17, 15) is 4.79 Å². The molecule has 0 heterocycles. The highest BCUT2D eigenvalue weighted by atomic mass is 79.9. The Balaban J connectivity index is 2.26. The third-order valence-corrected chi connectivity index (χ3v) is 4.01. The molecule has 106 valence electrons. The highest BCUT2D eigenvalue weighted by molar-refractivity contribution is 9.10. The zero-order chi connectivity index (χ0) is 14.1. The van der Waals surface area contributed by atoms with Crippen molar-refractivity contribution >= 4 is 39.3 Å². The fraction of sp³-hybridized carbons (Fsp3) is 0.500. The first kappa shape index (κ1) is 16.4. The molecule has 0 saturated heterocycles. The summed E-state index contributed by atoms with van der Waals surface area (Å²) in [5.41, 5.74) is 6.84. The molecular formula is C14H21BrN2OS. The van der Waals surface area contributed by atoms with Crippen molar-refractivity contribution in [2.45, 2.75) is 25.7 Å². The second-order valence-corrected chi connectivity index (χ2v) is 6.30. The van der Waals surface area contributed by atoms with E-state index >= 15 is 0 Å². The fourth-order valence-corrected chi connectivity index (χ4v) is 2.60. The van der Waals surface area contributed by atoms with Gasteiger partial charge in [-0.2, -0.15) is 11.8 Å². The summed E-state index contributed by atoms with van der Waals surface area (Å²) in [5.74, 6) is 1.13. The highest BCUT2D eigenvalue weighted by Crippen LogP contribution is 2.18. The van der Waals surface area contributed by atoms with Crippen LogP contribution in [0.5, 0.6) is 0 Å². The summed E-state index contributed by atoms with van der Waals surface area (Å²) in [5, 5.41) is 2.91. The van der Waals surface area contributed by atoms with Crippen LogP contribution in [0.25, 0.3) is 0 Å². The molecule has 0 aromatic heterocycles. The number of halogens is 1. The molecule has 0 atom stereocenters. The van der Waals surface area contributed by atoms with Crippen LogP contribution in [0.4, 0.5) is 5.69 Å². The number of carbonyl (C=O) groups is 1. The lowest BCUT2D eigenvalue weighted by molar-refractivity contribution is 0.0954. The number of nitrogens with one attached hydrogen (secondary N) is 1. The predicted octanol–water partition coefficient (Wildman–Crippen LogP) is 3.68. The zero-order valence-electron chi connectivity index (χ0n) is 11.2. The Hall–Kier alpha value is -0.680. The van der Waals surface area contributed by atoms with E-state index in [4.69, 9.17) is 5.73 Å². The molecule has 1 aromatic rings. The number of hydrogen-bond acceptors (Lipinski definition) is 3. The topological polar surface area (TPSA) is 55.1 Å². The zero-order valence-corrected chi connectivity index (χ0v) is 13.6. The minimum atomic E-state index is -0.0945. The van der Waals surface area contributed by atoms with Crippen molar-refractivity contribution in [2.24, 2.45) is 0 Å². The second kappa shape index (κ2) is 9.26. The van der Waals surface area contributed by atoms with Crippen molar-refractivity contribution < 1.29 is 4.79 Å². The third-order valence-electron chi connectivity index (χ3n) is 2.82.